The molecule has 0 bridgehead atoms. The second-order valence-electron chi connectivity index (χ2n) is 6.98. The van der Waals surface area contributed by atoms with Gasteiger partial charge in [0.15, 0.2) is 11.5 Å². The average molecular weight is 448 g/mol. The molecule has 1 aromatic carbocycles. The van der Waals surface area contributed by atoms with Crippen molar-refractivity contribution in [2.24, 2.45) is 0 Å². The number of thioether (sulfide) groups is 1. The predicted octanol–water partition coefficient (Wildman–Crippen LogP) is 3.14. The molecule has 158 valence electrons. The number of aryl methyl sites for hydroxylation is 2. The summed E-state index contributed by atoms with van der Waals surface area (Å²) in [4.78, 5) is 21.5. The van der Waals surface area contributed by atoms with Gasteiger partial charge in [-0.3, -0.25) is 4.79 Å². The minimum atomic E-state index is -0.115. The van der Waals surface area contributed by atoms with Crippen LogP contribution in [0.4, 0.5) is 0 Å². The van der Waals surface area contributed by atoms with Gasteiger partial charge in [-0.25, -0.2) is 9.50 Å². The Balaban J connectivity index is 1.48. The molecule has 4 rings (SSSR count). The van der Waals surface area contributed by atoms with Gasteiger partial charge in [-0.05, 0) is 37.8 Å². The lowest BCUT2D eigenvalue weighted by atomic mass is 10.1. The van der Waals surface area contributed by atoms with Gasteiger partial charge in [0, 0.05) is 29.9 Å². The number of rotatable bonds is 5. The maximum absolute atomic E-state index is 12.6. The van der Waals surface area contributed by atoms with Crippen LogP contribution >= 0.6 is 23.4 Å². The number of halogens is 1. The highest BCUT2D eigenvalue weighted by Gasteiger charge is 2.18. The Bertz CT molecular complexity index is 1120. The van der Waals surface area contributed by atoms with E-state index in [1.54, 1.807) is 10.6 Å². The zero-order valence-corrected chi connectivity index (χ0v) is 18.6. The largest absolute Gasteiger partial charge is 0.489 e. The molecule has 1 aliphatic rings. The van der Waals surface area contributed by atoms with Crippen LogP contribution in [0.1, 0.15) is 28.9 Å². The maximum atomic E-state index is 12.6. The lowest BCUT2D eigenvalue weighted by Crippen LogP contribution is -2.26. The van der Waals surface area contributed by atoms with Crippen molar-refractivity contribution in [2.45, 2.75) is 38.4 Å². The van der Waals surface area contributed by atoms with Crippen molar-refractivity contribution in [3.05, 3.63) is 39.7 Å². The molecule has 1 aliphatic heterocycles. The SMILES string of the molecule is CSc1nc2nc(C)c(CC(=O)NCc3cc(Cl)c4c(c3)OCCCO4)c(C)n2n1. The van der Waals surface area contributed by atoms with E-state index in [1.165, 1.54) is 11.8 Å². The van der Waals surface area contributed by atoms with E-state index in [-0.39, 0.29) is 12.3 Å². The standard InChI is InChI=1S/C20H22ClN5O3S/c1-11-14(12(2)26-19(23-11)24-20(25-26)30-3)9-17(27)22-10-13-7-15(21)18-16(8-13)28-5-4-6-29-18/h7-8H,4-6,9-10H2,1-3H3,(H,22,27). The number of aromatic nitrogens is 4. The van der Waals surface area contributed by atoms with Crippen LogP contribution in [0.15, 0.2) is 17.3 Å². The Morgan fingerprint density at radius 1 is 1.27 bits per heavy atom. The van der Waals surface area contributed by atoms with Crippen molar-refractivity contribution in [2.75, 3.05) is 19.5 Å². The lowest BCUT2D eigenvalue weighted by Gasteiger charge is -2.13. The van der Waals surface area contributed by atoms with Crippen LogP contribution in [0.25, 0.3) is 5.78 Å². The molecule has 1 amide bonds. The van der Waals surface area contributed by atoms with E-state index in [0.29, 0.717) is 47.2 Å². The summed E-state index contributed by atoms with van der Waals surface area (Å²) in [6.45, 7) is 5.29. The first kappa shape index (κ1) is 20.7. The smallest absolute Gasteiger partial charge is 0.253 e. The predicted molar refractivity (Wildman–Crippen MR) is 115 cm³/mol. The zero-order chi connectivity index (χ0) is 21.3. The van der Waals surface area contributed by atoms with Gasteiger partial charge in [0.2, 0.25) is 11.1 Å². The second kappa shape index (κ2) is 8.69. The molecule has 0 aliphatic carbocycles. The van der Waals surface area contributed by atoms with Crippen molar-refractivity contribution in [3.63, 3.8) is 0 Å². The molecule has 0 radical (unpaired) electrons. The fourth-order valence-electron chi connectivity index (χ4n) is 3.34. The molecule has 0 saturated carbocycles. The van der Waals surface area contributed by atoms with Crippen molar-refractivity contribution in [3.8, 4) is 11.5 Å². The third-order valence-electron chi connectivity index (χ3n) is 4.90. The van der Waals surface area contributed by atoms with Crippen LogP contribution in [0, 0.1) is 13.8 Å². The first-order chi connectivity index (χ1) is 14.5. The van der Waals surface area contributed by atoms with Crippen LogP contribution in [-0.2, 0) is 17.8 Å². The number of carbonyl (C=O) groups is 1. The molecule has 0 atom stereocenters. The van der Waals surface area contributed by atoms with Gasteiger partial charge in [0.05, 0.1) is 24.7 Å². The molecule has 3 aromatic rings. The van der Waals surface area contributed by atoms with Gasteiger partial charge >= 0.3 is 0 Å². The number of hydrogen-bond donors (Lipinski definition) is 1. The van der Waals surface area contributed by atoms with Crippen molar-refractivity contribution >= 4 is 35.0 Å². The molecule has 8 nitrogen and oxygen atoms in total. The van der Waals surface area contributed by atoms with Crippen LogP contribution in [0.2, 0.25) is 5.02 Å². The molecule has 0 fully saturated rings. The van der Waals surface area contributed by atoms with Crippen LogP contribution < -0.4 is 14.8 Å². The van der Waals surface area contributed by atoms with Crippen molar-refractivity contribution in [1.29, 1.82) is 0 Å². The average Bonchev–Trinajstić information content (AvgIpc) is 2.98. The number of fused-ring (bicyclic) bond motifs is 2. The summed E-state index contributed by atoms with van der Waals surface area (Å²) in [5, 5.41) is 8.50. The number of hydrogen-bond acceptors (Lipinski definition) is 7. The molecule has 10 heteroatoms. The molecular formula is C20H22ClN5O3S. The first-order valence-electron chi connectivity index (χ1n) is 9.58. The third-order valence-corrected chi connectivity index (χ3v) is 5.72. The van der Waals surface area contributed by atoms with Gasteiger partial charge in [0.25, 0.3) is 5.78 Å². The monoisotopic (exact) mass is 447 g/mol. The van der Waals surface area contributed by atoms with Gasteiger partial charge in [-0.2, -0.15) is 4.98 Å². The lowest BCUT2D eigenvalue weighted by molar-refractivity contribution is -0.120. The van der Waals surface area contributed by atoms with Gasteiger partial charge < -0.3 is 14.8 Å². The topological polar surface area (TPSA) is 90.6 Å². The molecule has 0 saturated heterocycles. The normalized spacial score (nSPS) is 13.3. The van der Waals surface area contributed by atoms with Crippen LogP contribution in [0.5, 0.6) is 11.5 Å². The third kappa shape index (κ3) is 4.17. The van der Waals surface area contributed by atoms with Gasteiger partial charge in [-0.1, -0.05) is 23.4 Å². The minimum Gasteiger partial charge on any atom is -0.489 e. The second-order valence-corrected chi connectivity index (χ2v) is 8.16. The van der Waals surface area contributed by atoms with Gasteiger partial charge in [0.1, 0.15) is 0 Å². The van der Waals surface area contributed by atoms with E-state index in [9.17, 15) is 4.79 Å². The fraction of sp³-hybridized carbons (Fsp3) is 0.400. The summed E-state index contributed by atoms with van der Waals surface area (Å²) in [5.41, 5.74) is 3.32. The van der Waals surface area contributed by atoms with E-state index in [4.69, 9.17) is 21.1 Å². The highest BCUT2D eigenvalue weighted by Crippen LogP contribution is 2.37. The Labute approximate surface area is 183 Å². The van der Waals surface area contributed by atoms with Crippen molar-refractivity contribution < 1.29 is 14.3 Å². The molecule has 2 aromatic heterocycles. The van der Waals surface area contributed by atoms with Crippen LogP contribution in [0.3, 0.4) is 0 Å². The minimum absolute atomic E-state index is 0.115. The number of benzene rings is 1. The Morgan fingerprint density at radius 2 is 2.07 bits per heavy atom. The summed E-state index contributed by atoms with van der Waals surface area (Å²) in [7, 11) is 0. The number of ether oxygens (including phenoxy) is 2. The molecule has 3 heterocycles. The van der Waals surface area contributed by atoms with E-state index in [2.05, 4.69) is 20.4 Å². The van der Waals surface area contributed by atoms with E-state index < -0.39 is 0 Å². The first-order valence-corrected chi connectivity index (χ1v) is 11.2. The Kier molecular flexibility index (Phi) is 6.01. The quantitative estimate of drug-likeness (QED) is 0.601. The molecule has 1 N–H and O–H groups in total. The highest BCUT2D eigenvalue weighted by atomic mass is 35.5. The number of amides is 1. The Hall–Kier alpha value is -2.52. The summed E-state index contributed by atoms with van der Waals surface area (Å²) in [5.74, 6) is 1.60. The highest BCUT2D eigenvalue weighted by molar-refractivity contribution is 7.98. The number of nitrogens with zero attached hydrogens (tertiary/aromatic N) is 4. The molecule has 0 spiro atoms. The van der Waals surface area contributed by atoms with E-state index in [1.807, 2.05) is 26.2 Å². The zero-order valence-electron chi connectivity index (χ0n) is 17.0. The maximum Gasteiger partial charge on any atom is 0.253 e. The summed E-state index contributed by atoms with van der Waals surface area (Å²) in [6.07, 6.45) is 2.92. The summed E-state index contributed by atoms with van der Waals surface area (Å²) in [6, 6.07) is 3.65. The van der Waals surface area contributed by atoms with E-state index >= 15 is 0 Å². The summed E-state index contributed by atoms with van der Waals surface area (Å²) < 4.78 is 13.0. The Morgan fingerprint density at radius 3 is 2.87 bits per heavy atom. The number of nitrogens with one attached hydrogen (secondary N) is 1. The molecule has 30 heavy (non-hydrogen) atoms. The van der Waals surface area contributed by atoms with E-state index in [0.717, 1.165) is 28.9 Å². The summed E-state index contributed by atoms with van der Waals surface area (Å²) >= 11 is 7.79. The van der Waals surface area contributed by atoms with Gasteiger partial charge in [-0.15, -0.1) is 5.10 Å². The number of carbonyl (C=O) groups excluding carboxylic acids is 1. The fourth-order valence-corrected chi connectivity index (χ4v) is 3.97. The van der Waals surface area contributed by atoms with Crippen molar-refractivity contribution in [1.82, 2.24) is 24.9 Å². The molecular weight excluding hydrogens is 426 g/mol. The molecule has 0 unspecified atom stereocenters. The van der Waals surface area contributed by atoms with Crippen LogP contribution in [-0.4, -0.2) is 45.0 Å².